The molecule has 0 bridgehead atoms. The van der Waals surface area contributed by atoms with E-state index in [1.807, 2.05) is 0 Å². The van der Waals surface area contributed by atoms with Crippen LogP contribution in [0.1, 0.15) is 50.7 Å². The fourth-order valence-electron chi connectivity index (χ4n) is 2.27. The van der Waals surface area contributed by atoms with Crippen molar-refractivity contribution in [3.05, 3.63) is 29.3 Å². The largest absolute Gasteiger partial charge is 0.396 e. The number of aryl methyl sites for hydroxylation is 2. The molecule has 1 rings (SSSR count). The number of unbranched alkanes of at least 4 members (excludes halogenated alkanes) is 3. The van der Waals surface area contributed by atoms with E-state index in [1.165, 1.54) is 29.7 Å². The quantitative estimate of drug-likeness (QED) is 0.653. The minimum Gasteiger partial charge on any atom is -0.396 e. The van der Waals surface area contributed by atoms with Gasteiger partial charge in [0.1, 0.15) is 0 Å². The summed E-state index contributed by atoms with van der Waals surface area (Å²) in [7, 11) is 0. The monoisotopic (exact) mass is 249 g/mol. The molecule has 2 N–H and O–H groups in total. The van der Waals surface area contributed by atoms with Crippen molar-refractivity contribution >= 4 is 5.69 Å². The molecule has 18 heavy (non-hydrogen) atoms. The summed E-state index contributed by atoms with van der Waals surface area (Å²) in [5.41, 5.74) is 4.19. The molecule has 0 heterocycles. The molecule has 2 heteroatoms. The number of anilines is 1. The predicted molar refractivity (Wildman–Crippen MR) is 79.2 cm³/mol. The third-order valence-electron chi connectivity index (χ3n) is 3.39. The first-order valence-electron chi connectivity index (χ1n) is 7.29. The molecule has 1 aromatic carbocycles. The normalized spacial score (nSPS) is 10.6. The number of aliphatic hydroxyl groups is 1. The van der Waals surface area contributed by atoms with Crippen LogP contribution in [0.3, 0.4) is 0 Å². The second kappa shape index (κ2) is 8.98. The van der Waals surface area contributed by atoms with Crippen LogP contribution in [0, 0.1) is 0 Å². The number of hydrogen-bond donors (Lipinski definition) is 2. The fourth-order valence-corrected chi connectivity index (χ4v) is 2.27. The van der Waals surface area contributed by atoms with Crippen LogP contribution in [0.25, 0.3) is 0 Å². The van der Waals surface area contributed by atoms with Crippen molar-refractivity contribution in [1.29, 1.82) is 0 Å². The van der Waals surface area contributed by atoms with Crippen molar-refractivity contribution in [2.45, 2.75) is 52.4 Å². The summed E-state index contributed by atoms with van der Waals surface area (Å²) < 4.78 is 0. The van der Waals surface area contributed by atoms with Crippen molar-refractivity contribution in [2.24, 2.45) is 0 Å². The van der Waals surface area contributed by atoms with Crippen LogP contribution in [0.15, 0.2) is 18.2 Å². The predicted octanol–water partition coefficient (Wildman–Crippen LogP) is 3.78. The van der Waals surface area contributed by atoms with Crippen molar-refractivity contribution < 1.29 is 5.11 Å². The lowest BCUT2D eigenvalue weighted by Crippen LogP contribution is -2.06. The Labute approximate surface area is 111 Å². The number of aliphatic hydroxyl groups excluding tert-OH is 1. The van der Waals surface area contributed by atoms with Gasteiger partial charge in [0.2, 0.25) is 0 Å². The van der Waals surface area contributed by atoms with E-state index in [-0.39, 0.29) is 0 Å². The summed E-state index contributed by atoms with van der Waals surface area (Å²) in [6, 6.07) is 6.59. The maximum absolute atomic E-state index is 8.72. The van der Waals surface area contributed by atoms with E-state index < -0.39 is 0 Å². The molecule has 0 atom stereocenters. The topological polar surface area (TPSA) is 32.3 Å². The van der Waals surface area contributed by atoms with Gasteiger partial charge in [-0.2, -0.15) is 0 Å². The Morgan fingerprint density at radius 3 is 2.11 bits per heavy atom. The second-order valence-corrected chi connectivity index (χ2v) is 4.72. The molecule has 0 spiro atoms. The lowest BCUT2D eigenvalue weighted by Gasteiger charge is -2.15. The van der Waals surface area contributed by atoms with E-state index in [0.29, 0.717) is 6.61 Å². The van der Waals surface area contributed by atoms with Crippen LogP contribution < -0.4 is 5.32 Å². The zero-order valence-corrected chi connectivity index (χ0v) is 11.8. The smallest absolute Gasteiger partial charge is 0.0431 e. The lowest BCUT2D eigenvalue weighted by molar-refractivity contribution is 0.283. The molecule has 0 aliphatic rings. The molecular formula is C16H27NO. The molecular weight excluding hydrogens is 222 g/mol. The lowest BCUT2D eigenvalue weighted by atomic mass is 10.0. The standard InChI is InChI=1S/C16H27NO/c1-3-14-10-9-11-15(4-2)16(14)17-12-7-5-6-8-13-18/h9-11,17-18H,3-8,12-13H2,1-2H3. The third kappa shape index (κ3) is 4.69. The molecule has 1 aromatic rings. The van der Waals surface area contributed by atoms with Crippen LogP contribution in [0.2, 0.25) is 0 Å². The minimum atomic E-state index is 0.325. The van der Waals surface area contributed by atoms with Crippen LogP contribution in [0.5, 0.6) is 0 Å². The van der Waals surface area contributed by atoms with Gasteiger partial charge in [0, 0.05) is 18.8 Å². The number of nitrogens with one attached hydrogen (secondary N) is 1. The highest BCUT2D eigenvalue weighted by Gasteiger charge is 2.04. The van der Waals surface area contributed by atoms with Crippen molar-refractivity contribution in [3.63, 3.8) is 0 Å². The van der Waals surface area contributed by atoms with E-state index in [2.05, 4.69) is 37.4 Å². The molecule has 0 radical (unpaired) electrons. The van der Waals surface area contributed by atoms with Crippen molar-refractivity contribution in [2.75, 3.05) is 18.5 Å². The summed E-state index contributed by atoms with van der Waals surface area (Å²) in [6.45, 7) is 5.78. The van der Waals surface area contributed by atoms with Crippen molar-refractivity contribution in [1.82, 2.24) is 0 Å². The maximum Gasteiger partial charge on any atom is 0.0431 e. The molecule has 0 fully saturated rings. The molecule has 0 saturated heterocycles. The first kappa shape index (κ1) is 15.0. The number of benzene rings is 1. The number of para-hydroxylation sites is 1. The van der Waals surface area contributed by atoms with Gasteiger partial charge < -0.3 is 10.4 Å². The Balaban J connectivity index is 2.45. The van der Waals surface area contributed by atoms with Gasteiger partial charge in [-0.1, -0.05) is 44.9 Å². The van der Waals surface area contributed by atoms with Crippen LogP contribution >= 0.6 is 0 Å². The zero-order valence-electron chi connectivity index (χ0n) is 11.8. The third-order valence-corrected chi connectivity index (χ3v) is 3.39. The molecule has 0 amide bonds. The van der Waals surface area contributed by atoms with Crippen LogP contribution in [0.4, 0.5) is 5.69 Å². The minimum absolute atomic E-state index is 0.325. The first-order valence-corrected chi connectivity index (χ1v) is 7.29. The second-order valence-electron chi connectivity index (χ2n) is 4.72. The molecule has 102 valence electrons. The SMILES string of the molecule is CCc1cccc(CC)c1NCCCCCCO. The molecule has 0 aliphatic carbocycles. The molecule has 0 saturated carbocycles. The Morgan fingerprint density at radius 2 is 1.56 bits per heavy atom. The van der Waals surface area contributed by atoms with E-state index in [1.54, 1.807) is 0 Å². The van der Waals surface area contributed by atoms with Gasteiger partial charge in [-0.05, 0) is 36.8 Å². The van der Waals surface area contributed by atoms with Crippen LogP contribution in [-0.4, -0.2) is 18.3 Å². The highest BCUT2D eigenvalue weighted by Crippen LogP contribution is 2.22. The Kier molecular flexibility index (Phi) is 7.51. The molecule has 0 aromatic heterocycles. The molecule has 0 aliphatic heterocycles. The summed E-state index contributed by atoms with van der Waals surface area (Å²) >= 11 is 0. The van der Waals surface area contributed by atoms with E-state index in [0.717, 1.165) is 32.2 Å². The van der Waals surface area contributed by atoms with E-state index in [9.17, 15) is 0 Å². The van der Waals surface area contributed by atoms with E-state index in [4.69, 9.17) is 5.11 Å². The van der Waals surface area contributed by atoms with Gasteiger partial charge in [-0.15, -0.1) is 0 Å². The Bertz CT molecular complexity index is 314. The van der Waals surface area contributed by atoms with Gasteiger partial charge in [0.05, 0.1) is 0 Å². The summed E-state index contributed by atoms with van der Waals surface area (Å²) in [4.78, 5) is 0. The van der Waals surface area contributed by atoms with Gasteiger partial charge in [0.15, 0.2) is 0 Å². The fraction of sp³-hybridized carbons (Fsp3) is 0.625. The summed E-state index contributed by atoms with van der Waals surface area (Å²) in [5, 5.41) is 12.3. The van der Waals surface area contributed by atoms with Gasteiger partial charge >= 0.3 is 0 Å². The Hall–Kier alpha value is -1.02. The Morgan fingerprint density at radius 1 is 0.944 bits per heavy atom. The highest BCUT2D eigenvalue weighted by molar-refractivity contribution is 5.57. The maximum atomic E-state index is 8.72. The van der Waals surface area contributed by atoms with Gasteiger partial charge in [-0.3, -0.25) is 0 Å². The number of hydrogen-bond acceptors (Lipinski definition) is 2. The average Bonchev–Trinajstić information content (AvgIpc) is 2.42. The number of rotatable bonds is 9. The van der Waals surface area contributed by atoms with Gasteiger partial charge in [-0.25, -0.2) is 0 Å². The van der Waals surface area contributed by atoms with Crippen LogP contribution in [-0.2, 0) is 12.8 Å². The average molecular weight is 249 g/mol. The summed E-state index contributed by atoms with van der Waals surface area (Å²) in [6.07, 6.45) is 6.62. The zero-order chi connectivity index (χ0) is 13.2. The van der Waals surface area contributed by atoms with Crippen molar-refractivity contribution in [3.8, 4) is 0 Å². The molecule has 0 unspecified atom stereocenters. The highest BCUT2D eigenvalue weighted by atomic mass is 16.2. The molecule has 2 nitrogen and oxygen atoms in total. The summed E-state index contributed by atoms with van der Waals surface area (Å²) in [5.74, 6) is 0. The van der Waals surface area contributed by atoms with Gasteiger partial charge in [0.25, 0.3) is 0 Å². The first-order chi connectivity index (χ1) is 8.83. The van der Waals surface area contributed by atoms with E-state index >= 15 is 0 Å².